The fraction of sp³-hybridized carbons (Fsp3) is 0.562. The van der Waals surface area contributed by atoms with Crippen LogP contribution in [0, 0.1) is 11.8 Å². The molecule has 0 radical (unpaired) electrons. The van der Waals surface area contributed by atoms with Gasteiger partial charge >= 0.3 is 5.97 Å². The molecule has 1 saturated heterocycles. The maximum Gasteiger partial charge on any atom is 0.336 e. The van der Waals surface area contributed by atoms with E-state index >= 15 is 0 Å². The third kappa shape index (κ3) is 2.16. The summed E-state index contributed by atoms with van der Waals surface area (Å²) in [5.41, 5.74) is -0.995. The zero-order valence-corrected chi connectivity index (χ0v) is 13.2. The van der Waals surface area contributed by atoms with Gasteiger partial charge < -0.3 is 10.2 Å². The van der Waals surface area contributed by atoms with Gasteiger partial charge in [0.05, 0.1) is 10.5 Å². The number of benzene rings is 1. The third-order valence-electron chi connectivity index (χ3n) is 5.24. The largest absolute Gasteiger partial charge is 0.479 e. The van der Waals surface area contributed by atoms with E-state index in [1.54, 1.807) is 6.92 Å². The van der Waals surface area contributed by atoms with Gasteiger partial charge in [-0.15, -0.1) is 0 Å². The molecule has 1 aromatic carbocycles. The van der Waals surface area contributed by atoms with Crippen LogP contribution in [-0.4, -0.2) is 40.7 Å². The summed E-state index contributed by atoms with van der Waals surface area (Å²) in [7, 11) is -3.44. The Morgan fingerprint density at radius 1 is 1.32 bits per heavy atom. The van der Waals surface area contributed by atoms with Crippen molar-refractivity contribution in [3.63, 3.8) is 0 Å². The van der Waals surface area contributed by atoms with Gasteiger partial charge in [-0.05, 0) is 30.7 Å². The second-order valence-corrected chi connectivity index (χ2v) is 9.01. The van der Waals surface area contributed by atoms with Crippen LogP contribution >= 0.6 is 0 Å². The van der Waals surface area contributed by atoms with Crippen molar-refractivity contribution in [2.45, 2.75) is 42.3 Å². The van der Waals surface area contributed by atoms with Gasteiger partial charge in [0.1, 0.15) is 0 Å². The molecule has 1 aliphatic heterocycles. The highest BCUT2D eigenvalue weighted by atomic mass is 32.2. The van der Waals surface area contributed by atoms with Crippen molar-refractivity contribution in [2.24, 2.45) is 11.8 Å². The molecule has 0 amide bonds. The van der Waals surface area contributed by atoms with E-state index < -0.39 is 37.8 Å². The smallest absolute Gasteiger partial charge is 0.336 e. The Morgan fingerprint density at radius 2 is 1.95 bits per heavy atom. The Bertz CT molecular complexity index is 684. The highest BCUT2D eigenvalue weighted by molar-refractivity contribution is 7.93. The number of hydrogen-bond donors (Lipinski definition) is 2. The van der Waals surface area contributed by atoms with E-state index in [1.165, 1.54) is 0 Å². The summed E-state index contributed by atoms with van der Waals surface area (Å²) in [6, 6.07) is 9.32. The van der Waals surface area contributed by atoms with E-state index in [1.807, 2.05) is 30.3 Å². The fourth-order valence-corrected chi connectivity index (χ4v) is 7.15. The second kappa shape index (κ2) is 5.06. The van der Waals surface area contributed by atoms with E-state index in [2.05, 4.69) is 0 Å². The molecule has 2 fully saturated rings. The van der Waals surface area contributed by atoms with E-state index in [4.69, 9.17) is 0 Å². The first kappa shape index (κ1) is 15.5. The summed E-state index contributed by atoms with van der Waals surface area (Å²) in [5.74, 6) is -2.35. The van der Waals surface area contributed by atoms with Crippen molar-refractivity contribution < 1.29 is 23.4 Å². The number of fused-ring (bicyclic) bond motifs is 1. The summed E-state index contributed by atoms with van der Waals surface area (Å²) < 4.78 is 25.6. The molecule has 0 unspecified atom stereocenters. The highest BCUT2D eigenvalue weighted by Crippen LogP contribution is 2.52. The molecule has 0 spiro atoms. The third-order valence-corrected chi connectivity index (χ3v) is 8.08. The molecule has 22 heavy (non-hydrogen) atoms. The van der Waals surface area contributed by atoms with Crippen molar-refractivity contribution in [1.29, 1.82) is 0 Å². The van der Waals surface area contributed by atoms with E-state index in [9.17, 15) is 23.4 Å². The zero-order valence-electron chi connectivity index (χ0n) is 12.3. The van der Waals surface area contributed by atoms with E-state index in [0.717, 1.165) is 5.56 Å². The SMILES string of the molecule is C[C@@H]1C[C@](O)(C(=O)O)[C@H]2C[C@H](Cc3ccccc3)S(=O)(=O)[C@@H]12. The summed E-state index contributed by atoms with van der Waals surface area (Å²) in [5, 5.41) is 18.4. The van der Waals surface area contributed by atoms with E-state index in [-0.39, 0.29) is 18.8 Å². The predicted molar refractivity (Wildman–Crippen MR) is 81.1 cm³/mol. The maximum atomic E-state index is 12.8. The lowest BCUT2D eigenvalue weighted by molar-refractivity contribution is -0.162. The highest BCUT2D eigenvalue weighted by Gasteiger charge is 2.65. The van der Waals surface area contributed by atoms with Gasteiger partial charge in [0.2, 0.25) is 0 Å². The molecular formula is C16H20O5S. The summed E-state index contributed by atoms with van der Waals surface area (Å²) in [6.07, 6.45) is 0.600. The minimum atomic E-state index is -3.44. The van der Waals surface area contributed by atoms with Gasteiger partial charge in [0.15, 0.2) is 15.4 Å². The van der Waals surface area contributed by atoms with Crippen LogP contribution in [0.15, 0.2) is 30.3 Å². The Kier molecular flexibility index (Phi) is 3.57. The molecular weight excluding hydrogens is 304 g/mol. The topological polar surface area (TPSA) is 91.7 Å². The maximum absolute atomic E-state index is 12.8. The Hall–Kier alpha value is -1.40. The lowest BCUT2D eigenvalue weighted by Crippen LogP contribution is -2.43. The van der Waals surface area contributed by atoms with Crippen LogP contribution in [0.4, 0.5) is 0 Å². The second-order valence-electron chi connectivity index (χ2n) is 6.62. The molecule has 5 nitrogen and oxygen atoms in total. The van der Waals surface area contributed by atoms with Crippen LogP contribution in [-0.2, 0) is 21.1 Å². The number of carboxylic acids is 1. The summed E-state index contributed by atoms with van der Waals surface area (Å²) >= 11 is 0. The standard InChI is InChI=1S/C16H20O5S/c1-10-9-16(19,15(17)18)13-8-12(22(20,21)14(10)13)7-11-5-3-2-4-6-11/h2-6,10,12-14,19H,7-9H2,1H3,(H,17,18)/t10-,12+,13+,14+,16-/m1/s1. The lowest BCUT2D eigenvalue weighted by atomic mass is 9.86. The van der Waals surface area contributed by atoms with Crippen molar-refractivity contribution in [2.75, 3.05) is 0 Å². The number of carboxylic acid groups (broad SMARTS) is 1. The minimum absolute atomic E-state index is 0.00888. The average Bonchev–Trinajstić information content (AvgIpc) is 2.86. The van der Waals surface area contributed by atoms with Crippen LogP contribution < -0.4 is 0 Å². The van der Waals surface area contributed by atoms with Crippen molar-refractivity contribution in [3.8, 4) is 0 Å². The first-order valence-corrected chi connectivity index (χ1v) is 9.10. The molecule has 0 bridgehead atoms. The fourth-order valence-electron chi connectivity index (χ4n) is 4.27. The van der Waals surface area contributed by atoms with Gasteiger partial charge in [0, 0.05) is 5.92 Å². The normalized spacial score (nSPS) is 39.5. The molecule has 6 heteroatoms. The quantitative estimate of drug-likeness (QED) is 0.873. The van der Waals surface area contributed by atoms with Gasteiger partial charge in [0.25, 0.3) is 0 Å². The van der Waals surface area contributed by atoms with Gasteiger partial charge in [-0.3, -0.25) is 0 Å². The predicted octanol–water partition coefficient (Wildman–Crippen LogP) is 1.26. The first-order chi connectivity index (χ1) is 10.3. The molecule has 2 N–H and O–H groups in total. The number of hydrogen-bond acceptors (Lipinski definition) is 4. The van der Waals surface area contributed by atoms with Crippen LogP contribution in [0.1, 0.15) is 25.3 Å². The molecule has 120 valence electrons. The molecule has 0 aromatic heterocycles. The number of aliphatic carboxylic acids is 1. The number of sulfone groups is 1. The zero-order chi connectivity index (χ0) is 16.1. The Labute approximate surface area is 129 Å². The monoisotopic (exact) mass is 324 g/mol. The molecule has 1 heterocycles. The molecule has 1 saturated carbocycles. The molecule has 3 rings (SSSR count). The van der Waals surface area contributed by atoms with Crippen molar-refractivity contribution >= 4 is 15.8 Å². The van der Waals surface area contributed by atoms with Crippen LogP contribution in [0.3, 0.4) is 0 Å². The number of carbonyl (C=O) groups is 1. The summed E-state index contributed by atoms with van der Waals surface area (Å²) in [4.78, 5) is 11.4. The van der Waals surface area contributed by atoms with Gasteiger partial charge in [-0.1, -0.05) is 37.3 Å². The van der Waals surface area contributed by atoms with E-state index in [0.29, 0.717) is 6.42 Å². The van der Waals surface area contributed by atoms with Crippen LogP contribution in [0.5, 0.6) is 0 Å². The van der Waals surface area contributed by atoms with Gasteiger partial charge in [-0.2, -0.15) is 0 Å². The van der Waals surface area contributed by atoms with Crippen molar-refractivity contribution in [1.82, 2.24) is 0 Å². The van der Waals surface area contributed by atoms with Gasteiger partial charge in [-0.25, -0.2) is 13.2 Å². The molecule has 5 atom stereocenters. The molecule has 1 aromatic rings. The van der Waals surface area contributed by atoms with Crippen LogP contribution in [0.25, 0.3) is 0 Å². The average molecular weight is 324 g/mol. The molecule has 2 aliphatic rings. The summed E-state index contributed by atoms with van der Waals surface area (Å²) in [6.45, 7) is 1.72. The minimum Gasteiger partial charge on any atom is -0.479 e. The number of rotatable bonds is 3. The van der Waals surface area contributed by atoms with Crippen LogP contribution in [0.2, 0.25) is 0 Å². The lowest BCUT2D eigenvalue weighted by Gasteiger charge is -2.24. The Morgan fingerprint density at radius 3 is 2.55 bits per heavy atom. The Balaban J connectivity index is 1.93. The first-order valence-electron chi connectivity index (χ1n) is 7.49. The molecule has 1 aliphatic carbocycles. The van der Waals surface area contributed by atoms with Crippen molar-refractivity contribution in [3.05, 3.63) is 35.9 Å². The number of aliphatic hydroxyl groups is 1.